The minimum atomic E-state index is -1.12. The molecule has 7 nitrogen and oxygen atoms in total. The molecule has 2 amide bonds. The van der Waals surface area contributed by atoms with Crippen molar-refractivity contribution < 1.29 is 19.5 Å². The molecule has 0 saturated carbocycles. The molecule has 1 heterocycles. The average molecular weight is 265 g/mol. The summed E-state index contributed by atoms with van der Waals surface area (Å²) in [6.07, 6.45) is 1.09. The molecule has 0 aliphatic heterocycles. The van der Waals surface area contributed by atoms with E-state index in [-0.39, 0.29) is 17.7 Å². The van der Waals surface area contributed by atoms with E-state index in [9.17, 15) is 14.4 Å². The molecular formula is C12H15N3O4. The highest BCUT2D eigenvalue weighted by molar-refractivity contribution is 5.94. The maximum Gasteiger partial charge on any atom is 0.337 e. The van der Waals surface area contributed by atoms with Crippen LogP contribution in [0.3, 0.4) is 0 Å². The van der Waals surface area contributed by atoms with Crippen molar-refractivity contribution in [1.29, 1.82) is 0 Å². The van der Waals surface area contributed by atoms with Crippen molar-refractivity contribution in [2.45, 2.75) is 25.8 Å². The van der Waals surface area contributed by atoms with Crippen LogP contribution in [-0.4, -0.2) is 33.4 Å². The third kappa shape index (κ3) is 4.38. The highest BCUT2D eigenvalue weighted by atomic mass is 16.4. The second-order valence-corrected chi connectivity index (χ2v) is 4.72. The van der Waals surface area contributed by atoms with Gasteiger partial charge in [-0.05, 0) is 26.0 Å². The van der Waals surface area contributed by atoms with Crippen LogP contribution in [0.15, 0.2) is 18.3 Å². The number of hydrogen-bond acceptors (Lipinski definition) is 4. The smallest absolute Gasteiger partial charge is 0.337 e. The lowest BCUT2D eigenvalue weighted by molar-refractivity contribution is -0.119. The lowest BCUT2D eigenvalue weighted by atomic mass is 10.00. The van der Waals surface area contributed by atoms with Gasteiger partial charge in [-0.1, -0.05) is 0 Å². The van der Waals surface area contributed by atoms with Gasteiger partial charge in [0, 0.05) is 18.2 Å². The van der Waals surface area contributed by atoms with E-state index >= 15 is 0 Å². The minimum absolute atomic E-state index is 0.00653. The summed E-state index contributed by atoms with van der Waals surface area (Å²) in [5, 5.41) is 11.3. The van der Waals surface area contributed by atoms with E-state index in [1.807, 2.05) is 0 Å². The van der Waals surface area contributed by atoms with Crippen LogP contribution in [0.4, 0.5) is 0 Å². The Labute approximate surface area is 109 Å². The fourth-order valence-corrected chi connectivity index (χ4v) is 1.51. The van der Waals surface area contributed by atoms with Crippen LogP contribution in [0, 0.1) is 0 Å². The molecule has 0 spiro atoms. The molecule has 1 rings (SSSR count). The number of pyridine rings is 1. The van der Waals surface area contributed by atoms with Gasteiger partial charge in [0.1, 0.15) is 5.69 Å². The molecule has 0 radical (unpaired) electrons. The van der Waals surface area contributed by atoms with Crippen LogP contribution < -0.4 is 11.1 Å². The number of primary amides is 1. The second kappa shape index (κ2) is 5.47. The van der Waals surface area contributed by atoms with E-state index in [1.165, 1.54) is 12.1 Å². The molecule has 0 fully saturated rings. The number of nitrogens with one attached hydrogen (secondary N) is 1. The number of nitrogens with two attached hydrogens (primary N) is 1. The standard InChI is InChI=1S/C12H15N3O4/c1-12(2,5-9(13)16)15-10(17)8-4-3-7(6-14-8)11(18)19/h3-4,6H,5H2,1-2H3,(H2,13,16)(H,15,17)(H,18,19). The molecule has 0 atom stereocenters. The number of aromatic carboxylic acids is 1. The number of amides is 2. The van der Waals surface area contributed by atoms with E-state index in [0.717, 1.165) is 6.20 Å². The van der Waals surface area contributed by atoms with Crippen molar-refractivity contribution in [3.63, 3.8) is 0 Å². The number of carboxylic acids is 1. The van der Waals surface area contributed by atoms with Crippen LogP contribution in [0.2, 0.25) is 0 Å². The molecule has 102 valence electrons. The molecule has 1 aromatic heterocycles. The van der Waals surface area contributed by atoms with Gasteiger partial charge in [0.25, 0.3) is 5.91 Å². The van der Waals surface area contributed by atoms with Crippen LogP contribution in [0.5, 0.6) is 0 Å². The molecule has 7 heteroatoms. The predicted octanol–water partition coefficient (Wildman–Crippen LogP) is 0.164. The van der Waals surface area contributed by atoms with E-state index in [0.29, 0.717) is 0 Å². The predicted molar refractivity (Wildman–Crippen MR) is 66.6 cm³/mol. The van der Waals surface area contributed by atoms with Gasteiger partial charge in [0.05, 0.1) is 5.56 Å². The molecule has 0 saturated heterocycles. The number of nitrogens with zero attached hydrogens (tertiary/aromatic N) is 1. The van der Waals surface area contributed by atoms with Crippen LogP contribution in [0.25, 0.3) is 0 Å². The zero-order valence-corrected chi connectivity index (χ0v) is 10.6. The van der Waals surface area contributed by atoms with Crippen molar-refractivity contribution in [1.82, 2.24) is 10.3 Å². The first-order valence-electron chi connectivity index (χ1n) is 5.51. The maximum atomic E-state index is 11.8. The summed E-state index contributed by atoms with van der Waals surface area (Å²) in [5.41, 5.74) is 4.34. The van der Waals surface area contributed by atoms with Gasteiger partial charge in [-0.3, -0.25) is 14.6 Å². The summed E-state index contributed by atoms with van der Waals surface area (Å²) < 4.78 is 0. The lowest BCUT2D eigenvalue weighted by Gasteiger charge is -2.24. The fraction of sp³-hybridized carbons (Fsp3) is 0.333. The van der Waals surface area contributed by atoms with Gasteiger partial charge in [-0.25, -0.2) is 4.79 Å². The van der Waals surface area contributed by atoms with Gasteiger partial charge in [-0.15, -0.1) is 0 Å². The second-order valence-electron chi connectivity index (χ2n) is 4.72. The Morgan fingerprint density at radius 1 is 1.37 bits per heavy atom. The largest absolute Gasteiger partial charge is 0.478 e. The molecule has 0 aliphatic rings. The quantitative estimate of drug-likeness (QED) is 0.700. The molecule has 4 N–H and O–H groups in total. The summed E-state index contributed by atoms with van der Waals surface area (Å²) in [5.74, 6) is -2.14. The number of carboxylic acid groups (broad SMARTS) is 1. The Balaban J connectivity index is 2.78. The van der Waals surface area contributed by atoms with E-state index in [2.05, 4.69) is 10.3 Å². The van der Waals surface area contributed by atoms with Crippen molar-refractivity contribution in [3.8, 4) is 0 Å². The topological polar surface area (TPSA) is 122 Å². The molecule has 0 bridgehead atoms. The summed E-state index contributed by atoms with van der Waals surface area (Å²) in [4.78, 5) is 37.1. The Bertz CT molecular complexity index is 508. The van der Waals surface area contributed by atoms with Crippen molar-refractivity contribution in [2.75, 3.05) is 0 Å². The number of rotatable bonds is 5. The summed E-state index contributed by atoms with van der Waals surface area (Å²) in [6.45, 7) is 3.31. The molecule has 0 aliphatic carbocycles. The molecule has 0 unspecified atom stereocenters. The normalized spacial score (nSPS) is 10.8. The van der Waals surface area contributed by atoms with Gasteiger partial charge in [0.2, 0.25) is 5.91 Å². The molecule has 0 aromatic carbocycles. The number of carbonyl (C=O) groups is 3. The highest BCUT2D eigenvalue weighted by Crippen LogP contribution is 2.09. The number of aromatic nitrogens is 1. The first kappa shape index (κ1) is 14.6. The highest BCUT2D eigenvalue weighted by Gasteiger charge is 2.24. The van der Waals surface area contributed by atoms with Crippen LogP contribution in [-0.2, 0) is 4.79 Å². The summed E-state index contributed by atoms with van der Waals surface area (Å²) in [6, 6.07) is 2.59. The van der Waals surface area contributed by atoms with E-state index < -0.39 is 23.3 Å². The van der Waals surface area contributed by atoms with Gasteiger partial charge in [0.15, 0.2) is 0 Å². The SMILES string of the molecule is CC(C)(CC(N)=O)NC(=O)c1ccc(C(=O)O)cn1. The molecule has 19 heavy (non-hydrogen) atoms. The van der Waals surface area contributed by atoms with Crippen molar-refractivity contribution in [3.05, 3.63) is 29.6 Å². The minimum Gasteiger partial charge on any atom is -0.478 e. The third-order valence-electron chi connectivity index (χ3n) is 2.31. The monoisotopic (exact) mass is 265 g/mol. The van der Waals surface area contributed by atoms with Crippen molar-refractivity contribution >= 4 is 17.8 Å². The Morgan fingerprint density at radius 2 is 2.00 bits per heavy atom. The number of hydrogen-bond donors (Lipinski definition) is 3. The maximum absolute atomic E-state index is 11.8. The van der Waals surface area contributed by atoms with Crippen molar-refractivity contribution in [2.24, 2.45) is 5.73 Å². The van der Waals surface area contributed by atoms with Crippen LogP contribution >= 0.6 is 0 Å². The fourth-order valence-electron chi connectivity index (χ4n) is 1.51. The zero-order chi connectivity index (χ0) is 14.6. The lowest BCUT2D eigenvalue weighted by Crippen LogP contribution is -2.46. The summed E-state index contributed by atoms with van der Waals surface area (Å²) >= 11 is 0. The number of carbonyl (C=O) groups excluding carboxylic acids is 2. The molecular weight excluding hydrogens is 250 g/mol. The van der Waals surface area contributed by atoms with Crippen LogP contribution in [0.1, 0.15) is 41.1 Å². The first-order valence-corrected chi connectivity index (χ1v) is 5.51. The average Bonchev–Trinajstić information content (AvgIpc) is 2.26. The Hall–Kier alpha value is -2.44. The zero-order valence-electron chi connectivity index (χ0n) is 10.6. The first-order chi connectivity index (χ1) is 8.71. The van der Waals surface area contributed by atoms with Gasteiger partial charge < -0.3 is 16.2 Å². The van der Waals surface area contributed by atoms with E-state index in [1.54, 1.807) is 13.8 Å². The van der Waals surface area contributed by atoms with E-state index in [4.69, 9.17) is 10.8 Å². The van der Waals surface area contributed by atoms with Gasteiger partial charge in [-0.2, -0.15) is 0 Å². The molecule has 1 aromatic rings. The third-order valence-corrected chi connectivity index (χ3v) is 2.31. The van der Waals surface area contributed by atoms with Gasteiger partial charge >= 0.3 is 5.97 Å². The Kier molecular flexibility index (Phi) is 4.21. The summed E-state index contributed by atoms with van der Waals surface area (Å²) in [7, 11) is 0. The Morgan fingerprint density at radius 3 is 2.42 bits per heavy atom.